The predicted molar refractivity (Wildman–Crippen MR) is 56.8 cm³/mol. The third-order valence-corrected chi connectivity index (χ3v) is 2.17. The number of ether oxygens (including phenoxy) is 1. The van der Waals surface area contributed by atoms with Gasteiger partial charge in [0.15, 0.2) is 6.10 Å². The van der Waals surface area contributed by atoms with E-state index < -0.39 is 11.9 Å². The Labute approximate surface area is 97.8 Å². The minimum Gasteiger partial charge on any atom is -0.456 e. The van der Waals surface area contributed by atoms with Crippen LogP contribution in [-0.4, -0.2) is 18.4 Å². The van der Waals surface area contributed by atoms with Crippen molar-refractivity contribution in [3.8, 4) is 12.1 Å². The Morgan fingerprint density at radius 3 is 2.53 bits per heavy atom. The largest absolute Gasteiger partial charge is 0.456 e. The maximum Gasteiger partial charge on any atom is 0.293 e. The Balaban J connectivity index is 3.10. The van der Waals surface area contributed by atoms with Crippen LogP contribution in [0.3, 0.4) is 0 Å². The van der Waals surface area contributed by atoms with Crippen molar-refractivity contribution >= 4 is 12.3 Å². The molecule has 0 fully saturated rings. The highest BCUT2D eigenvalue weighted by atomic mass is 16.5. The lowest BCUT2D eigenvalue weighted by atomic mass is 10.0. The van der Waals surface area contributed by atoms with Crippen LogP contribution in [0.25, 0.3) is 0 Å². The lowest BCUT2D eigenvalue weighted by Gasteiger charge is -2.08. The summed E-state index contributed by atoms with van der Waals surface area (Å²) < 4.78 is 4.51. The summed E-state index contributed by atoms with van der Waals surface area (Å²) in [4.78, 5) is 21.8. The summed E-state index contributed by atoms with van der Waals surface area (Å²) >= 11 is 0. The molecule has 0 saturated carbocycles. The molecule has 84 valence electrons. The zero-order chi connectivity index (χ0) is 12.8. The fourth-order valence-electron chi connectivity index (χ4n) is 1.27. The average molecular weight is 228 g/mol. The van der Waals surface area contributed by atoms with E-state index in [9.17, 15) is 9.59 Å². The first-order valence-corrected chi connectivity index (χ1v) is 4.71. The number of carbonyl (C=O) groups is 2. The van der Waals surface area contributed by atoms with Crippen LogP contribution in [0.4, 0.5) is 0 Å². The number of benzene rings is 1. The molecule has 0 aliphatic heterocycles. The molecule has 5 nitrogen and oxygen atoms in total. The molecule has 0 saturated heterocycles. The highest BCUT2D eigenvalue weighted by molar-refractivity contribution is 6.00. The minimum absolute atomic E-state index is 0.122. The maximum absolute atomic E-state index is 11.7. The second kappa shape index (κ2) is 5.43. The summed E-state index contributed by atoms with van der Waals surface area (Å²) in [6.45, 7) is 1.62. The van der Waals surface area contributed by atoms with Crippen LogP contribution in [0.15, 0.2) is 18.2 Å². The molecular formula is C12H8N2O3. The van der Waals surface area contributed by atoms with Gasteiger partial charge in [0.25, 0.3) is 6.47 Å². The summed E-state index contributed by atoms with van der Waals surface area (Å²) in [6, 6.07) is 7.80. The summed E-state index contributed by atoms with van der Waals surface area (Å²) in [7, 11) is 0. The van der Waals surface area contributed by atoms with Gasteiger partial charge in [-0.2, -0.15) is 10.5 Å². The van der Waals surface area contributed by atoms with Crippen LogP contribution in [0.1, 0.15) is 28.4 Å². The Morgan fingerprint density at radius 1 is 1.35 bits per heavy atom. The molecule has 0 spiro atoms. The van der Waals surface area contributed by atoms with Gasteiger partial charge in [-0.05, 0) is 25.1 Å². The Hall–Kier alpha value is -2.66. The molecule has 0 aliphatic carbocycles. The molecule has 17 heavy (non-hydrogen) atoms. The number of Topliss-reactive ketones (excluding diaryl/α,β-unsaturated/α-hetero) is 1. The Bertz CT molecular complexity index is 538. The van der Waals surface area contributed by atoms with E-state index in [1.54, 1.807) is 0 Å². The van der Waals surface area contributed by atoms with Gasteiger partial charge in [0, 0.05) is 5.56 Å². The van der Waals surface area contributed by atoms with Crippen molar-refractivity contribution in [2.75, 3.05) is 0 Å². The standard InChI is InChI=1S/C12H8N2O3/c1-8(17-7-15)12(16)9-2-3-10(5-13)11(4-9)6-14/h2-4,7-8H,1H3. The van der Waals surface area contributed by atoms with Crippen molar-refractivity contribution < 1.29 is 14.3 Å². The Kier molecular flexibility index (Phi) is 3.96. The normalized spacial score (nSPS) is 10.8. The van der Waals surface area contributed by atoms with Gasteiger partial charge in [-0.15, -0.1) is 0 Å². The zero-order valence-corrected chi connectivity index (χ0v) is 9.01. The maximum atomic E-state index is 11.7. The first kappa shape index (κ1) is 12.4. The van der Waals surface area contributed by atoms with Crippen molar-refractivity contribution in [2.24, 2.45) is 0 Å². The molecule has 0 N–H and O–H groups in total. The summed E-state index contributed by atoms with van der Waals surface area (Å²) in [6.07, 6.45) is -0.910. The van der Waals surface area contributed by atoms with Crippen molar-refractivity contribution in [2.45, 2.75) is 13.0 Å². The van der Waals surface area contributed by atoms with Crippen LogP contribution in [0.2, 0.25) is 0 Å². The van der Waals surface area contributed by atoms with Crippen LogP contribution in [0.5, 0.6) is 0 Å². The molecule has 1 aromatic carbocycles. The van der Waals surface area contributed by atoms with E-state index >= 15 is 0 Å². The van der Waals surface area contributed by atoms with Gasteiger partial charge >= 0.3 is 0 Å². The molecule has 0 amide bonds. The fourth-order valence-corrected chi connectivity index (χ4v) is 1.27. The molecule has 0 aromatic heterocycles. The Morgan fingerprint density at radius 2 is 2.00 bits per heavy atom. The summed E-state index contributed by atoms with van der Waals surface area (Å²) in [5.74, 6) is -0.418. The summed E-state index contributed by atoms with van der Waals surface area (Å²) in [5.41, 5.74) is 0.555. The second-order valence-electron chi connectivity index (χ2n) is 3.22. The SMILES string of the molecule is CC(OC=O)C(=O)c1ccc(C#N)c(C#N)c1. The van der Waals surface area contributed by atoms with Gasteiger partial charge in [0.1, 0.15) is 12.1 Å². The molecule has 0 radical (unpaired) electrons. The van der Waals surface area contributed by atoms with E-state index in [4.69, 9.17) is 10.5 Å². The topological polar surface area (TPSA) is 90.9 Å². The van der Waals surface area contributed by atoms with Crippen molar-refractivity contribution in [1.29, 1.82) is 10.5 Å². The molecule has 0 bridgehead atoms. The van der Waals surface area contributed by atoms with Gasteiger partial charge in [0.2, 0.25) is 5.78 Å². The fraction of sp³-hybridized carbons (Fsp3) is 0.167. The molecule has 1 aromatic rings. The van der Waals surface area contributed by atoms with Gasteiger partial charge in [-0.3, -0.25) is 9.59 Å². The van der Waals surface area contributed by atoms with E-state index in [1.807, 2.05) is 12.1 Å². The quantitative estimate of drug-likeness (QED) is 0.569. The third kappa shape index (κ3) is 2.67. The molecule has 0 aliphatic rings. The molecule has 1 atom stereocenters. The first-order chi connectivity index (χ1) is 8.13. The van der Waals surface area contributed by atoms with E-state index in [0.717, 1.165) is 0 Å². The minimum atomic E-state index is -0.910. The molecule has 5 heteroatoms. The number of nitriles is 2. The molecule has 1 unspecified atom stereocenters. The smallest absolute Gasteiger partial charge is 0.293 e. The number of ketones is 1. The molecule has 0 heterocycles. The second-order valence-corrected chi connectivity index (χ2v) is 3.22. The van der Waals surface area contributed by atoms with E-state index in [-0.39, 0.29) is 23.2 Å². The average Bonchev–Trinajstić information content (AvgIpc) is 2.37. The number of nitrogens with zero attached hydrogens (tertiary/aromatic N) is 2. The molecular weight excluding hydrogens is 220 g/mol. The van der Waals surface area contributed by atoms with E-state index in [2.05, 4.69) is 4.74 Å². The van der Waals surface area contributed by atoms with Crippen LogP contribution < -0.4 is 0 Å². The monoisotopic (exact) mass is 228 g/mol. The summed E-state index contributed by atoms with van der Waals surface area (Å²) in [5, 5.41) is 17.5. The number of hydrogen-bond acceptors (Lipinski definition) is 5. The highest BCUT2D eigenvalue weighted by Crippen LogP contribution is 2.13. The number of rotatable bonds is 4. The van der Waals surface area contributed by atoms with Gasteiger partial charge < -0.3 is 4.74 Å². The van der Waals surface area contributed by atoms with E-state index in [0.29, 0.717) is 0 Å². The van der Waals surface area contributed by atoms with Gasteiger partial charge in [-0.1, -0.05) is 0 Å². The zero-order valence-electron chi connectivity index (χ0n) is 9.01. The van der Waals surface area contributed by atoms with Crippen LogP contribution in [0, 0.1) is 22.7 Å². The van der Waals surface area contributed by atoms with E-state index in [1.165, 1.54) is 25.1 Å². The predicted octanol–water partition coefficient (Wildman–Crippen LogP) is 1.17. The van der Waals surface area contributed by atoms with Crippen LogP contribution >= 0.6 is 0 Å². The van der Waals surface area contributed by atoms with Crippen molar-refractivity contribution in [3.05, 3.63) is 34.9 Å². The molecule has 1 rings (SSSR count). The highest BCUT2D eigenvalue weighted by Gasteiger charge is 2.17. The lowest BCUT2D eigenvalue weighted by molar-refractivity contribution is -0.131. The van der Waals surface area contributed by atoms with Crippen molar-refractivity contribution in [3.63, 3.8) is 0 Å². The number of carbonyl (C=O) groups excluding carboxylic acids is 2. The third-order valence-electron chi connectivity index (χ3n) is 2.17. The van der Waals surface area contributed by atoms with Crippen LogP contribution in [-0.2, 0) is 9.53 Å². The first-order valence-electron chi connectivity index (χ1n) is 4.71. The van der Waals surface area contributed by atoms with Crippen molar-refractivity contribution in [1.82, 2.24) is 0 Å². The van der Waals surface area contributed by atoms with Gasteiger partial charge in [-0.25, -0.2) is 0 Å². The van der Waals surface area contributed by atoms with Gasteiger partial charge in [0.05, 0.1) is 11.1 Å². The number of hydrogen-bond donors (Lipinski definition) is 0. The lowest BCUT2D eigenvalue weighted by Crippen LogP contribution is -2.20.